The van der Waals surface area contributed by atoms with Crippen molar-refractivity contribution in [2.75, 3.05) is 23.9 Å². The SMILES string of the molecule is CCS(=O)(=O)CCS[C@@H]1O[C@@H](COC(C)=O)[C@@H](OC(C)=O)[C@@H](OC(C)=O)[C@@H]1OC(C)=O. The Morgan fingerprint density at radius 3 is 1.84 bits per heavy atom. The molecule has 1 rings (SSSR count). The second kappa shape index (κ2) is 12.2. The molecule has 0 bridgehead atoms. The summed E-state index contributed by atoms with van der Waals surface area (Å²) < 4.78 is 50.3. The maximum Gasteiger partial charge on any atom is 0.303 e. The van der Waals surface area contributed by atoms with Crippen molar-refractivity contribution in [1.82, 2.24) is 0 Å². The van der Waals surface area contributed by atoms with Crippen LogP contribution in [0, 0.1) is 0 Å². The fourth-order valence-corrected chi connectivity index (χ4v) is 5.30. The van der Waals surface area contributed by atoms with E-state index in [1.807, 2.05) is 0 Å². The van der Waals surface area contributed by atoms with Crippen LogP contribution in [-0.4, -0.2) is 86.0 Å². The van der Waals surface area contributed by atoms with Gasteiger partial charge in [-0.15, -0.1) is 11.8 Å². The van der Waals surface area contributed by atoms with E-state index in [1.165, 1.54) is 13.8 Å². The van der Waals surface area contributed by atoms with E-state index in [0.29, 0.717) is 0 Å². The van der Waals surface area contributed by atoms with Crippen LogP contribution in [0.1, 0.15) is 34.6 Å². The Morgan fingerprint density at radius 2 is 1.35 bits per heavy atom. The van der Waals surface area contributed by atoms with Crippen molar-refractivity contribution in [3.63, 3.8) is 0 Å². The largest absolute Gasteiger partial charge is 0.463 e. The number of ether oxygens (including phenoxy) is 5. The lowest BCUT2D eigenvalue weighted by molar-refractivity contribution is -0.237. The summed E-state index contributed by atoms with van der Waals surface area (Å²) in [4.78, 5) is 46.3. The number of hydrogen-bond donors (Lipinski definition) is 0. The van der Waals surface area contributed by atoms with Gasteiger partial charge in [-0.25, -0.2) is 8.42 Å². The molecule has 0 aromatic rings. The topological polar surface area (TPSA) is 149 Å². The molecule has 0 aromatic carbocycles. The van der Waals surface area contributed by atoms with E-state index in [9.17, 15) is 27.6 Å². The van der Waals surface area contributed by atoms with Crippen molar-refractivity contribution in [1.29, 1.82) is 0 Å². The second-order valence-electron chi connectivity index (χ2n) is 6.67. The number of sulfone groups is 1. The standard InChI is InChI=1S/C18H28O11S2/c1-6-31(23,24)8-7-30-18-17(28-13(5)22)16(27-12(4)21)15(26-11(3)20)14(29-18)9-25-10(2)19/h14-18H,6-9H2,1-5H3/t14-,15+,16+,17-,18-/m0/s1. The van der Waals surface area contributed by atoms with Gasteiger partial charge in [-0.1, -0.05) is 6.92 Å². The minimum atomic E-state index is -3.26. The molecule has 0 spiro atoms. The van der Waals surface area contributed by atoms with E-state index >= 15 is 0 Å². The number of carbonyl (C=O) groups is 4. The lowest BCUT2D eigenvalue weighted by Crippen LogP contribution is -2.61. The molecule has 0 unspecified atom stereocenters. The van der Waals surface area contributed by atoms with E-state index in [2.05, 4.69) is 0 Å². The van der Waals surface area contributed by atoms with Gasteiger partial charge in [0.2, 0.25) is 0 Å². The van der Waals surface area contributed by atoms with Gasteiger partial charge < -0.3 is 23.7 Å². The van der Waals surface area contributed by atoms with E-state index < -0.39 is 63.6 Å². The van der Waals surface area contributed by atoms with Crippen molar-refractivity contribution in [3.8, 4) is 0 Å². The fourth-order valence-electron chi connectivity index (χ4n) is 2.76. The van der Waals surface area contributed by atoms with Crippen LogP contribution >= 0.6 is 11.8 Å². The van der Waals surface area contributed by atoms with Gasteiger partial charge in [0.1, 0.15) is 18.1 Å². The first-order valence-corrected chi connectivity index (χ1v) is 12.4. The van der Waals surface area contributed by atoms with Gasteiger partial charge in [0, 0.05) is 39.2 Å². The summed E-state index contributed by atoms with van der Waals surface area (Å²) in [6, 6.07) is 0. The first-order chi connectivity index (χ1) is 14.4. The lowest BCUT2D eigenvalue weighted by Gasteiger charge is -2.44. The summed E-state index contributed by atoms with van der Waals surface area (Å²) >= 11 is 1.03. The predicted molar refractivity (Wildman–Crippen MR) is 109 cm³/mol. The van der Waals surface area contributed by atoms with Crippen LogP contribution in [0.25, 0.3) is 0 Å². The highest BCUT2D eigenvalue weighted by Crippen LogP contribution is 2.34. The molecular formula is C18H28O11S2. The first kappa shape index (κ1) is 27.2. The number of esters is 4. The van der Waals surface area contributed by atoms with Crippen molar-refractivity contribution < 1.29 is 51.3 Å². The molecule has 13 heteroatoms. The fraction of sp³-hybridized carbons (Fsp3) is 0.778. The zero-order valence-electron chi connectivity index (χ0n) is 18.0. The van der Waals surface area contributed by atoms with Crippen LogP contribution in [-0.2, 0) is 52.7 Å². The third kappa shape index (κ3) is 9.44. The van der Waals surface area contributed by atoms with Gasteiger partial charge in [-0.05, 0) is 0 Å². The highest BCUT2D eigenvalue weighted by atomic mass is 32.2. The van der Waals surface area contributed by atoms with Crippen LogP contribution in [0.2, 0.25) is 0 Å². The molecule has 0 amide bonds. The average Bonchev–Trinajstić information content (AvgIpc) is 2.63. The van der Waals surface area contributed by atoms with E-state index in [-0.39, 0.29) is 23.9 Å². The van der Waals surface area contributed by atoms with Gasteiger partial charge in [0.05, 0.1) is 5.75 Å². The Balaban J connectivity index is 3.24. The molecule has 1 aliphatic heterocycles. The maximum absolute atomic E-state index is 11.8. The van der Waals surface area contributed by atoms with Crippen LogP contribution < -0.4 is 0 Å². The van der Waals surface area contributed by atoms with Gasteiger partial charge in [0.25, 0.3) is 0 Å². The van der Waals surface area contributed by atoms with Crippen LogP contribution in [0.15, 0.2) is 0 Å². The molecule has 0 radical (unpaired) electrons. The summed E-state index contributed by atoms with van der Waals surface area (Å²) in [6.07, 6.45) is -4.75. The molecule has 5 atom stereocenters. The van der Waals surface area contributed by atoms with Crippen LogP contribution in [0.5, 0.6) is 0 Å². The number of carbonyl (C=O) groups excluding carboxylic acids is 4. The summed E-state index contributed by atoms with van der Waals surface area (Å²) in [5.74, 6) is -2.87. The minimum absolute atomic E-state index is 0.0356. The molecule has 0 aliphatic carbocycles. The Hall–Kier alpha value is -1.86. The summed E-state index contributed by atoms with van der Waals surface area (Å²) in [5, 5.41) is 0. The summed E-state index contributed by atoms with van der Waals surface area (Å²) in [6.45, 7) is 5.76. The van der Waals surface area contributed by atoms with Crippen molar-refractivity contribution >= 4 is 45.5 Å². The zero-order chi connectivity index (χ0) is 23.8. The molecule has 0 aromatic heterocycles. The molecule has 178 valence electrons. The van der Waals surface area contributed by atoms with E-state index in [1.54, 1.807) is 0 Å². The summed E-state index contributed by atoms with van der Waals surface area (Å²) in [5.41, 5.74) is -0.979. The Labute approximate surface area is 185 Å². The van der Waals surface area contributed by atoms with Crippen molar-refractivity contribution in [2.24, 2.45) is 0 Å². The van der Waals surface area contributed by atoms with Crippen LogP contribution in [0.4, 0.5) is 0 Å². The highest BCUT2D eigenvalue weighted by molar-refractivity contribution is 8.01. The average molecular weight is 485 g/mol. The minimum Gasteiger partial charge on any atom is -0.463 e. The second-order valence-corrected chi connectivity index (χ2v) is 10.4. The molecule has 1 heterocycles. The Morgan fingerprint density at radius 1 is 0.839 bits per heavy atom. The van der Waals surface area contributed by atoms with E-state index in [4.69, 9.17) is 23.7 Å². The Bertz CT molecular complexity index is 764. The molecule has 11 nitrogen and oxygen atoms in total. The normalized spacial score (nSPS) is 25.9. The molecule has 0 N–H and O–H groups in total. The third-order valence-corrected chi connectivity index (χ3v) is 7.18. The maximum atomic E-state index is 11.8. The highest BCUT2D eigenvalue weighted by Gasteiger charge is 2.52. The lowest BCUT2D eigenvalue weighted by atomic mass is 9.99. The van der Waals surface area contributed by atoms with Gasteiger partial charge >= 0.3 is 23.9 Å². The quantitative estimate of drug-likeness (QED) is 0.309. The molecule has 1 fully saturated rings. The molecule has 1 saturated heterocycles. The first-order valence-electron chi connectivity index (χ1n) is 9.48. The van der Waals surface area contributed by atoms with Crippen molar-refractivity contribution in [3.05, 3.63) is 0 Å². The molecule has 1 aliphatic rings. The number of rotatable bonds is 10. The monoisotopic (exact) mass is 484 g/mol. The van der Waals surface area contributed by atoms with Gasteiger partial charge in [-0.3, -0.25) is 19.2 Å². The zero-order valence-corrected chi connectivity index (χ0v) is 19.7. The smallest absolute Gasteiger partial charge is 0.303 e. The molecule has 31 heavy (non-hydrogen) atoms. The van der Waals surface area contributed by atoms with Gasteiger partial charge in [0.15, 0.2) is 28.1 Å². The van der Waals surface area contributed by atoms with E-state index in [0.717, 1.165) is 32.5 Å². The summed E-state index contributed by atoms with van der Waals surface area (Å²) in [7, 11) is -3.26. The van der Waals surface area contributed by atoms with Gasteiger partial charge in [-0.2, -0.15) is 0 Å². The molecular weight excluding hydrogens is 456 g/mol. The predicted octanol–water partition coefficient (Wildman–Crippen LogP) is 0.237. The van der Waals surface area contributed by atoms with Crippen LogP contribution in [0.3, 0.4) is 0 Å². The number of thioether (sulfide) groups is 1. The molecule has 0 saturated carbocycles. The van der Waals surface area contributed by atoms with Crippen molar-refractivity contribution in [2.45, 2.75) is 64.5 Å². The number of hydrogen-bond acceptors (Lipinski definition) is 12. The third-order valence-electron chi connectivity index (χ3n) is 4.06. The Kier molecular flexibility index (Phi) is 10.7.